The predicted octanol–water partition coefficient (Wildman–Crippen LogP) is 2.09. The molecule has 2 aromatic carbocycles. The second kappa shape index (κ2) is 8.77. The summed E-state index contributed by atoms with van der Waals surface area (Å²) in [7, 11) is 0. The molecule has 30 heavy (non-hydrogen) atoms. The average Bonchev–Trinajstić information content (AvgIpc) is 3.28. The molecule has 0 saturated carbocycles. The number of amides is 2. The lowest BCUT2D eigenvalue weighted by Crippen LogP contribution is -2.51. The molecule has 154 valence electrons. The third-order valence-corrected chi connectivity index (χ3v) is 5.13. The summed E-state index contributed by atoms with van der Waals surface area (Å²) in [5, 5.41) is 2.67. The van der Waals surface area contributed by atoms with Gasteiger partial charge in [0.05, 0.1) is 19.1 Å². The van der Waals surface area contributed by atoms with E-state index in [0.29, 0.717) is 18.8 Å². The Bertz CT molecular complexity index is 1010. The van der Waals surface area contributed by atoms with Crippen molar-refractivity contribution in [1.82, 2.24) is 19.8 Å². The van der Waals surface area contributed by atoms with E-state index in [4.69, 9.17) is 0 Å². The fourth-order valence-electron chi connectivity index (χ4n) is 3.48. The fraction of sp³-hybridized carbons (Fsp3) is 0.227. The Balaban J connectivity index is 1.31. The molecule has 0 unspecified atom stereocenters. The highest BCUT2D eigenvalue weighted by Gasteiger charge is 2.22. The largest absolute Gasteiger partial charge is 0.368 e. The third-order valence-electron chi connectivity index (χ3n) is 5.13. The van der Waals surface area contributed by atoms with E-state index >= 15 is 0 Å². The predicted molar refractivity (Wildman–Crippen MR) is 111 cm³/mol. The Hall–Kier alpha value is -3.68. The molecular formula is C22H22FN5O2. The molecule has 8 heteroatoms. The number of nitrogens with one attached hydrogen (secondary N) is 1. The van der Waals surface area contributed by atoms with Crippen LogP contribution in [0.4, 0.5) is 10.1 Å². The Morgan fingerprint density at radius 2 is 1.63 bits per heavy atom. The number of benzene rings is 2. The van der Waals surface area contributed by atoms with Gasteiger partial charge >= 0.3 is 0 Å². The summed E-state index contributed by atoms with van der Waals surface area (Å²) in [4.78, 5) is 33.1. The minimum Gasteiger partial charge on any atom is -0.368 e. The summed E-state index contributed by atoms with van der Waals surface area (Å²) in [5.41, 5.74) is 2.04. The number of hydrogen-bond donors (Lipinski definition) is 1. The standard InChI is InChI=1S/C22H22FN5O2/c23-17-6-8-19(9-7-17)28-16-24-14-20(28)22(30)25-15-21(29)27-12-10-26(11-13-27)18-4-2-1-3-5-18/h1-9,14,16H,10-13,15H2,(H,25,30). The van der Waals surface area contributed by atoms with Crippen LogP contribution in [0.25, 0.3) is 5.69 Å². The van der Waals surface area contributed by atoms with Crippen molar-refractivity contribution in [3.63, 3.8) is 0 Å². The van der Waals surface area contributed by atoms with Gasteiger partial charge in [0.1, 0.15) is 11.5 Å². The minimum atomic E-state index is -0.409. The lowest BCUT2D eigenvalue weighted by atomic mass is 10.2. The maximum atomic E-state index is 13.1. The molecule has 1 saturated heterocycles. The summed E-state index contributed by atoms with van der Waals surface area (Å²) >= 11 is 0. The lowest BCUT2D eigenvalue weighted by molar-refractivity contribution is -0.130. The van der Waals surface area contributed by atoms with Crippen molar-refractivity contribution >= 4 is 17.5 Å². The van der Waals surface area contributed by atoms with Gasteiger partial charge in [0.2, 0.25) is 5.91 Å². The van der Waals surface area contributed by atoms with E-state index < -0.39 is 5.91 Å². The Morgan fingerprint density at radius 1 is 0.933 bits per heavy atom. The molecule has 0 aliphatic carbocycles. The quantitative estimate of drug-likeness (QED) is 0.703. The first-order valence-corrected chi connectivity index (χ1v) is 9.76. The van der Waals surface area contributed by atoms with Gasteiger partial charge in [-0.25, -0.2) is 9.37 Å². The van der Waals surface area contributed by atoms with Gasteiger partial charge in [-0.05, 0) is 36.4 Å². The average molecular weight is 407 g/mol. The first kappa shape index (κ1) is 19.6. The second-order valence-corrected chi connectivity index (χ2v) is 7.01. The number of anilines is 1. The van der Waals surface area contributed by atoms with E-state index in [-0.39, 0.29) is 24.0 Å². The van der Waals surface area contributed by atoms with Gasteiger partial charge in [-0.3, -0.25) is 14.2 Å². The molecule has 2 heterocycles. The van der Waals surface area contributed by atoms with E-state index in [2.05, 4.69) is 27.3 Å². The molecule has 1 aliphatic rings. The van der Waals surface area contributed by atoms with Crippen molar-refractivity contribution in [2.75, 3.05) is 37.6 Å². The normalized spacial score (nSPS) is 13.9. The number of imidazole rings is 1. The number of nitrogens with zero attached hydrogens (tertiary/aromatic N) is 4. The van der Waals surface area contributed by atoms with E-state index in [1.165, 1.54) is 24.7 Å². The first-order chi connectivity index (χ1) is 14.6. The minimum absolute atomic E-state index is 0.0846. The summed E-state index contributed by atoms with van der Waals surface area (Å²) < 4.78 is 14.7. The molecule has 4 rings (SSSR count). The number of halogens is 1. The van der Waals surface area contributed by atoms with Crippen LogP contribution < -0.4 is 10.2 Å². The van der Waals surface area contributed by atoms with E-state index in [0.717, 1.165) is 18.8 Å². The van der Waals surface area contributed by atoms with E-state index in [1.54, 1.807) is 21.6 Å². The van der Waals surface area contributed by atoms with Crippen molar-refractivity contribution in [3.8, 4) is 5.69 Å². The number of piperazine rings is 1. The Labute approximate surface area is 173 Å². The molecule has 1 aromatic heterocycles. The van der Waals surface area contributed by atoms with Crippen molar-refractivity contribution in [3.05, 3.63) is 78.6 Å². The van der Waals surface area contributed by atoms with Gasteiger partial charge in [-0.15, -0.1) is 0 Å². The molecule has 1 N–H and O–H groups in total. The zero-order valence-electron chi connectivity index (χ0n) is 16.4. The van der Waals surface area contributed by atoms with Crippen molar-refractivity contribution < 1.29 is 14.0 Å². The molecule has 1 aliphatic heterocycles. The molecule has 3 aromatic rings. The van der Waals surface area contributed by atoms with E-state index in [1.807, 2.05) is 18.2 Å². The Morgan fingerprint density at radius 3 is 2.33 bits per heavy atom. The number of rotatable bonds is 5. The molecule has 2 amide bonds. The summed E-state index contributed by atoms with van der Waals surface area (Å²) in [6.07, 6.45) is 2.90. The van der Waals surface area contributed by atoms with Crippen LogP contribution in [0.5, 0.6) is 0 Å². The van der Waals surface area contributed by atoms with Gasteiger partial charge in [0.25, 0.3) is 5.91 Å². The zero-order chi connectivity index (χ0) is 20.9. The van der Waals surface area contributed by atoms with Crippen LogP contribution in [0.1, 0.15) is 10.5 Å². The highest BCUT2D eigenvalue weighted by atomic mass is 19.1. The maximum Gasteiger partial charge on any atom is 0.270 e. The molecule has 0 spiro atoms. The van der Waals surface area contributed by atoms with Gasteiger partial charge in [-0.1, -0.05) is 18.2 Å². The number of para-hydroxylation sites is 1. The zero-order valence-corrected chi connectivity index (χ0v) is 16.4. The third kappa shape index (κ3) is 4.32. The van der Waals surface area contributed by atoms with Crippen LogP contribution in [0, 0.1) is 5.82 Å². The summed E-state index contributed by atoms with van der Waals surface area (Å²) in [5.74, 6) is -0.889. The van der Waals surface area contributed by atoms with Crippen LogP contribution in [-0.4, -0.2) is 59.0 Å². The molecule has 0 bridgehead atoms. The highest BCUT2D eigenvalue weighted by Crippen LogP contribution is 2.16. The van der Waals surface area contributed by atoms with Crippen LogP contribution in [-0.2, 0) is 4.79 Å². The summed E-state index contributed by atoms with van der Waals surface area (Å²) in [6, 6.07) is 15.8. The molecule has 1 fully saturated rings. The number of carbonyl (C=O) groups is 2. The van der Waals surface area contributed by atoms with Gasteiger partial charge in [-0.2, -0.15) is 0 Å². The smallest absolute Gasteiger partial charge is 0.270 e. The van der Waals surface area contributed by atoms with Crippen LogP contribution >= 0.6 is 0 Å². The van der Waals surface area contributed by atoms with Crippen LogP contribution in [0.15, 0.2) is 67.1 Å². The van der Waals surface area contributed by atoms with Crippen molar-refractivity contribution in [2.24, 2.45) is 0 Å². The van der Waals surface area contributed by atoms with Crippen molar-refractivity contribution in [2.45, 2.75) is 0 Å². The Kier molecular flexibility index (Phi) is 5.74. The van der Waals surface area contributed by atoms with E-state index in [9.17, 15) is 14.0 Å². The molecule has 0 radical (unpaired) electrons. The molecule has 7 nitrogen and oxygen atoms in total. The molecule has 0 atom stereocenters. The number of hydrogen-bond acceptors (Lipinski definition) is 4. The van der Waals surface area contributed by atoms with Crippen LogP contribution in [0.3, 0.4) is 0 Å². The monoisotopic (exact) mass is 407 g/mol. The SMILES string of the molecule is O=C(NCC(=O)N1CCN(c2ccccc2)CC1)c1cncn1-c1ccc(F)cc1. The maximum absolute atomic E-state index is 13.1. The number of aromatic nitrogens is 2. The van der Waals surface area contributed by atoms with Gasteiger partial charge < -0.3 is 15.1 Å². The highest BCUT2D eigenvalue weighted by molar-refractivity contribution is 5.95. The van der Waals surface area contributed by atoms with Gasteiger partial charge in [0.15, 0.2) is 0 Å². The fourth-order valence-corrected chi connectivity index (χ4v) is 3.48. The molecular weight excluding hydrogens is 385 g/mol. The topological polar surface area (TPSA) is 70.5 Å². The van der Waals surface area contributed by atoms with Gasteiger partial charge in [0, 0.05) is 37.6 Å². The first-order valence-electron chi connectivity index (χ1n) is 9.76. The number of carbonyl (C=O) groups excluding carboxylic acids is 2. The van der Waals surface area contributed by atoms with Crippen LogP contribution in [0.2, 0.25) is 0 Å². The second-order valence-electron chi connectivity index (χ2n) is 7.01. The lowest BCUT2D eigenvalue weighted by Gasteiger charge is -2.36. The summed E-state index contributed by atoms with van der Waals surface area (Å²) in [6.45, 7) is 2.63. The van der Waals surface area contributed by atoms with Crippen molar-refractivity contribution in [1.29, 1.82) is 0 Å².